The first-order valence-electron chi connectivity index (χ1n) is 4.42. The van der Waals surface area contributed by atoms with E-state index >= 15 is 0 Å². The van der Waals surface area contributed by atoms with Gasteiger partial charge < -0.3 is 9.21 Å². The zero-order valence-electron chi connectivity index (χ0n) is 7.50. The second-order valence-electron chi connectivity index (χ2n) is 3.08. The predicted molar refractivity (Wildman–Crippen MR) is 50.6 cm³/mol. The Bertz CT molecular complexity index is 459. The fraction of sp³-hybridized carbons (Fsp3) is 0.182. The molecular weight excluding hydrogens is 183 g/mol. The molecule has 0 aliphatic heterocycles. The fourth-order valence-corrected chi connectivity index (χ4v) is 1.41. The van der Waals surface area contributed by atoms with Crippen LogP contribution in [0.2, 0.25) is 0 Å². The number of rotatable bonds is 3. The lowest BCUT2D eigenvalue weighted by Gasteiger charge is -1.89. The van der Waals surface area contributed by atoms with Crippen molar-refractivity contribution in [3.05, 3.63) is 35.8 Å². The summed E-state index contributed by atoms with van der Waals surface area (Å²) >= 11 is 0. The summed E-state index contributed by atoms with van der Waals surface area (Å²) in [5.74, 6) is 0.289. The van der Waals surface area contributed by atoms with Gasteiger partial charge in [-0.15, -0.1) is 0 Å². The second kappa shape index (κ2) is 3.62. The van der Waals surface area contributed by atoms with Gasteiger partial charge in [0.05, 0.1) is 0 Å². The molecule has 0 fully saturated rings. The molecule has 0 saturated heterocycles. The molecule has 0 N–H and O–H groups in total. The van der Waals surface area contributed by atoms with Gasteiger partial charge in [0.25, 0.3) is 0 Å². The first-order chi connectivity index (χ1) is 6.81. The average Bonchev–Trinajstić information content (AvgIpc) is 2.59. The van der Waals surface area contributed by atoms with Crippen LogP contribution >= 0.6 is 0 Å². The minimum Gasteiger partial charge on any atom is -0.458 e. The molecule has 0 aliphatic carbocycles. The third-order valence-electron chi connectivity index (χ3n) is 2.06. The SMILES string of the molecule is O=CCCc1cc2cccc(F)c2o1. The molecule has 2 nitrogen and oxygen atoms in total. The van der Waals surface area contributed by atoms with E-state index in [4.69, 9.17) is 4.42 Å². The van der Waals surface area contributed by atoms with E-state index in [0.717, 1.165) is 11.7 Å². The Morgan fingerprint density at radius 3 is 3.00 bits per heavy atom. The zero-order valence-corrected chi connectivity index (χ0v) is 7.50. The number of hydrogen-bond acceptors (Lipinski definition) is 2. The summed E-state index contributed by atoms with van der Waals surface area (Å²) in [6.45, 7) is 0. The van der Waals surface area contributed by atoms with Gasteiger partial charge in [-0.05, 0) is 12.1 Å². The number of hydrogen-bond donors (Lipinski definition) is 0. The lowest BCUT2D eigenvalue weighted by atomic mass is 10.2. The molecule has 72 valence electrons. The largest absolute Gasteiger partial charge is 0.458 e. The first kappa shape index (κ1) is 8.94. The Kier molecular flexibility index (Phi) is 2.31. The highest BCUT2D eigenvalue weighted by molar-refractivity contribution is 5.78. The molecule has 14 heavy (non-hydrogen) atoms. The number of aldehydes is 1. The Labute approximate surface area is 80.3 Å². The number of aryl methyl sites for hydroxylation is 1. The van der Waals surface area contributed by atoms with Crippen LogP contribution < -0.4 is 0 Å². The van der Waals surface area contributed by atoms with Gasteiger partial charge in [-0.2, -0.15) is 0 Å². The summed E-state index contributed by atoms with van der Waals surface area (Å²) in [5.41, 5.74) is 0.272. The molecule has 0 spiro atoms. The quantitative estimate of drug-likeness (QED) is 0.700. The molecular formula is C11H9FO2. The molecule has 2 aromatic rings. The van der Waals surface area contributed by atoms with Crippen molar-refractivity contribution in [2.45, 2.75) is 12.8 Å². The molecule has 0 aliphatic rings. The summed E-state index contributed by atoms with van der Waals surface area (Å²) in [7, 11) is 0. The maximum Gasteiger partial charge on any atom is 0.169 e. The van der Waals surface area contributed by atoms with Crippen molar-refractivity contribution < 1.29 is 13.6 Å². The Morgan fingerprint density at radius 2 is 2.29 bits per heavy atom. The topological polar surface area (TPSA) is 30.2 Å². The molecule has 0 radical (unpaired) electrons. The summed E-state index contributed by atoms with van der Waals surface area (Å²) in [6, 6.07) is 6.54. The molecule has 0 unspecified atom stereocenters. The van der Waals surface area contributed by atoms with Gasteiger partial charge in [0.15, 0.2) is 11.4 Å². The van der Waals surface area contributed by atoms with Gasteiger partial charge in [-0.1, -0.05) is 12.1 Å². The third-order valence-corrected chi connectivity index (χ3v) is 2.06. The Morgan fingerprint density at radius 1 is 1.43 bits per heavy atom. The fourth-order valence-electron chi connectivity index (χ4n) is 1.41. The lowest BCUT2D eigenvalue weighted by molar-refractivity contribution is -0.107. The maximum atomic E-state index is 13.2. The van der Waals surface area contributed by atoms with Gasteiger partial charge in [0, 0.05) is 18.2 Å². The van der Waals surface area contributed by atoms with Crippen LogP contribution in [0.3, 0.4) is 0 Å². The highest BCUT2D eigenvalue weighted by Gasteiger charge is 2.06. The van der Waals surface area contributed by atoms with E-state index in [1.807, 2.05) is 0 Å². The van der Waals surface area contributed by atoms with Gasteiger partial charge in [-0.3, -0.25) is 0 Å². The van der Waals surface area contributed by atoms with Crippen LogP contribution in [0, 0.1) is 5.82 Å². The summed E-state index contributed by atoms with van der Waals surface area (Å²) in [6.07, 6.45) is 1.75. The van der Waals surface area contributed by atoms with E-state index in [-0.39, 0.29) is 11.4 Å². The number of benzene rings is 1. The highest BCUT2D eigenvalue weighted by atomic mass is 19.1. The zero-order chi connectivity index (χ0) is 9.97. The number of para-hydroxylation sites is 1. The van der Waals surface area contributed by atoms with Crippen molar-refractivity contribution >= 4 is 17.3 Å². The number of furan rings is 1. The Hall–Kier alpha value is -1.64. The minimum absolute atomic E-state index is 0.272. The number of halogens is 1. The van der Waals surface area contributed by atoms with Crippen LogP contribution in [0.1, 0.15) is 12.2 Å². The van der Waals surface area contributed by atoms with Crippen molar-refractivity contribution in [1.29, 1.82) is 0 Å². The van der Waals surface area contributed by atoms with Crippen LogP contribution in [0.15, 0.2) is 28.7 Å². The van der Waals surface area contributed by atoms with E-state index in [1.165, 1.54) is 6.07 Å². The monoisotopic (exact) mass is 192 g/mol. The van der Waals surface area contributed by atoms with Crippen LogP contribution in [-0.4, -0.2) is 6.29 Å². The van der Waals surface area contributed by atoms with Crippen molar-refractivity contribution in [3.63, 3.8) is 0 Å². The van der Waals surface area contributed by atoms with Gasteiger partial charge in [0.1, 0.15) is 12.0 Å². The normalized spacial score (nSPS) is 10.6. The van der Waals surface area contributed by atoms with Crippen molar-refractivity contribution in [1.82, 2.24) is 0 Å². The van der Waals surface area contributed by atoms with Crippen molar-refractivity contribution in [3.8, 4) is 0 Å². The van der Waals surface area contributed by atoms with Crippen LogP contribution in [0.5, 0.6) is 0 Å². The van der Waals surface area contributed by atoms with Crippen LogP contribution in [0.4, 0.5) is 4.39 Å². The van der Waals surface area contributed by atoms with Gasteiger partial charge in [0.2, 0.25) is 0 Å². The third kappa shape index (κ3) is 1.53. The molecule has 0 atom stereocenters. The predicted octanol–water partition coefficient (Wildman–Crippen LogP) is 2.70. The average molecular weight is 192 g/mol. The van der Waals surface area contributed by atoms with Crippen molar-refractivity contribution in [2.24, 2.45) is 0 Å². The summed E-state index contributed by atoms with van der Waals surface area (Å²) in [5, 5.41) is 0.742. The summed E-state index contributed by atoms with van der Waals surface area (Å²) in [4.78, 5) is 10.1. The lowest BCUT2D eigenvalue weighted by Crippen LogP contribution is -1.80. The maximum absolute atomic E-state index is 13.2. The molecule has 1 aromatic carbocycles. The first-order valence-corrected chi connectivity index (χ1v) is 4.42. The van der Waals surface area contributed by atoms with Crippen molar-refractivity contribution in [2.75, 3.05) is 0 Å². The van der Waals surface area contributed by atoms with Gasteiger partial charge in [-0.25, -0.2) is 4.39 Å². The van der Waals surface area contributed by atoms with E-state index in [0.29, 0.717) is 18.6 Å². The molecule has 1 aromatic heterocycles. The van der Waals surface area contributed by atoms with E-state index in [2.05, 4.69) is 0 Å². The standard InChI is InChI=1S/C11H9FO2/c12-10-5-1-3-8-7-9(4-2-6-13)14-11(8)10/h1,3,5-7H,2,4H2. The number of fused-ring (bicyclic) bond motifs is 1. The van der Waals surface area contributed by atoms with Gasteiger partial charge >= 0.3 is 0 Å². The number of carbonyl (C=O) groups is 1. The smallest absolute Gasteiger partial charge is 0.169 e. The van der Waals surface area contributed by atoms with E-state index in [9.17, 15) is 9.18 Å². The Balaban J connectivity index is 2.41. The molecule has 2 rings (SSSR count). The van der Waals surface area contributed by atoms with Crippen LogP contribution in [-0.2, 0) is 11.2 Å². The minimum atomic E-state index is -0.361. The molecule has 0 bridgehead atoms. The number of carbonyl (C=O) groups excluding carboxylic acids is 1. The van der Waals surface area contributed by atoms with E-state index in [1.54, 1.807) is 18.2 Å². The molecule has 1 heterocycles. The van der Waals surface area contributed by atoms with Crippen LogP contribution in [0.25, 0.3) is 11.0 Å². The second-order valence-corrected chi connectivity index (χ2v) is 3.08. The van der Waals surface area contributed by atoms with E-state index < -0.39 is 0 Å². The molecule has 0 saturated carbocycles. The summed E-state index contributed by atoms with van der Waals surface area (Å²) < 4.78 is 18.4. The highest BCUT2D eigenvalue weighted by Crippen LogP contribution is 2.22. The molecule has 3 heteroatoms. The molecule has 0 amide bonds.